The van der Waals surface area contributed by atoms with Crippen molar-refractivity contribution in [3.63, 3.8) is 0 Å². The average Bonchev–Trinajstić information content (AvgIpc) is 3.24. The lowest BCUT2D eigenvalue weighted by Crippen LogP contribution is -2.50. The first-order chi connectivity index (χ1) is 22.2. The van der Waals surface area contributed by atoms with Crippen molar-refractivity contribution in [2.45, 2.75) is 63.9 Å². The van der Waals surface area contributed by atoms with Gasteiger partial charge in [-0.15, -0.1) is 11.6 Å². The standard InChI is InChI=1S/C38H43ClN2O5/c1-37(2,3)46-36(43)41-31-17-11-10-16-29(31)34-32-22-33(42)30(18-20-40(32)21-19-39)38(35(34)41,25-44-23-27-12-6-4-7-13-27)26-45-24-28-14-8-5-9-15-28/h4-17,30,32H,18-26H2,1-3H3/t30-,32?/m1/s1. The maximum absolute atomic E-state index is 14.4. The quantitative estimate of drug-likeness (QED) is 0.165. The molecule has 1 fully saturated rings. The molecule has 2 bridgehead atoms. The van der Waals surface area contributed by atoms with E-state index in [2.05, 4.69) is 4.90 Å². The summed E-state index contributed by atoms with van der Waals surface area (Å²) in [6.07, 6.45) is 0.456. The minimum absolute atomic E-state index is 0.157. The van der Waals surface area contributed by atoms with E-state index in [1.807, 2.05) is 106 Å². The van der Waals surface area contributed by atoms with E-state index in [0.29, 0.717) is 45.0 Å². The van der Waals surface area contributed by atoms with Crippen LogP contribution in [0.25, 0.3) is 10.9 Å². The molecule has 6 rings (SSSR count). The van der Waals surface area contributed by atoms with Crippen LogP contribution in [-0.2, 0) is 37.6 Å². The zero-order chi connectivity index (χ0) is 32.3. The summed E-state index contributed by atoms with van der Waals surface area (Å²) in [4.78, 5) is 31.1. The largest absolute Gasteiger partial charge is 0.443 e. The molecule has 1 aliphatic heterocycles. The Kier molecular flexibility index (Phi) is 9.67. The van der Waals surface area contributed by atoms with E-state index in [9.17, 15) is 9.59 Å². The van der Waals surface area contributed by atoms with Gasteiger partial charge < -0.3 is 14.2 Å². The summed E-state index contributed by atoms with van der Waals surface area (Å²) in [6.45, 7) is 8.08. The Balaban J connectivity index is 1.57. The van der Waals surface area contributed by atoms with Gasteiger partial charge in [0.1, 0.15) is 11.4 Å². The number of rotatable bonds is 10. The van der Waals surface area contributed by atoms with E-state index in [1.54, 1.807) is 4.57 Å². The maximum atomic E-state index is 14.4. The molecule has 0 N–H and O–H groups in total. The van der Waals surface area contributed by atoms with Gasteiger partial charge >= 0.3 is 6.09 Å². The summed E-state index contributed by atoms with van der Waals surface area (Å²) >= 11 is 6.34. The topological polar surface area (TPSA) is 70.0 Å². The van der Waals surface area contributed by atoms with Crippen molar-refractivity contribution in [3.8, 4) is 0 Å². The fourth-order valence-corrected chi connectivity index (χ4v) is 7.52. The molecule has 0 spiro atoms. The van der Waals surface area contributed by atoms with Gasteiger partial charge in [-0.05, 0) is 56.5 Å². The minimum atomic E-state index is -0.965. The van der Waals surface area contributed by atoms with Gasteiger partial charge in [0, 0.05) is 41.9 Å². The molecule has 1 saturated heterocycles. The number of ether oxygens (including phenoxy) is 3. The van der Waals surface area contributed by atoms with Crippen LogP contribution in [0.5, 0.6) is 0 Å². The van der Waals surface area contributed by atoms with E-state index in [1.165, 1.54) is 0 Å². The molecule has 0 saturated carbocycles. The second-order valence-electron chi connectivity index (χ2n) is 13.5. The van der Waals surface area contributed by atoms with Crippen LogP contribution in [0.1, 0.15) is 62.0 Å². The monoisotopic (exact) mass is 642 g/mol. The number of fused-ring (bicyclic) bond motifs is 7. The first-order valence-electron chi connectivity index (χ1n) is 16.1. The lowest BCUT2D eigenvalue weighted by molar-refractivity contribution is -0.128. The van der Waals surface area contributed by atoms with Crippen molar-refractivity contribution in [1.29, 1.82) is 0 Å². The zero-order valence-corrected chi connectivity index (χ0v) is 27.7. The Morgan fingerprint density at radius 2 is 1.48 bits per heavy atom. The molecule has 2 atom stereocenters. The lowest BCUT2D eigenvalue weighted by atomic mass is 9.69. The van der Waals surface area contributed by atoms with Gasteiger partial charge in [-0.25, -0.2) is 9.36 Å². The Morgan fingerprint density at radius 1 is 0.891 bits per heavy atom. The number of ketones is 1. The van der Waals surface area contributed by atoms with Crippen LogP contribution < -0.4 is 0 Å². The van der Waals surface area contributed by atoms with Crippen LogP contribution in [0.15, 0.2) is 84.9 Å². The predicted octanol–water partition coefficient (Wildman–Crippen LogP) is 7.67. The van der Waals surface area contributed by atoms with Crippen LogP contribution in [0.4, 0.5) is 4.79 Å². The number of aromatic nitrogens is 1. The zero-order valence-electron chi connectivity index (χ0n) is 26.9. The number of carbonyl (C=O) groups is 2. The van der Waals surface area contributed by atoms with Crippen LogP contribution in [0.3, 0.4) is 0 Å². The Hall–Kier alpha value is -3.49. The van der Waals surface area contributed by atoms with E-state index in [0.717, 1.165) is 33.3 Å². The number of nitrogens with zero attached hydrogens (tertiary/aromatic N) is 2. The molecule has 8 heteroatoms. The Morgan fingerprint density at radius 3 is 2.07 bits per heavy atom. The highest BCUT2D eigenvalue weighted by Crippen LogP contribution is 2.52. The summed E-state index contributed by atoms with van der Waals surface area (Å²) in [5.74, 6) is 0.152. The molecule has 2 heterocycles. The van der Waals surface area contributed by atoms with Crippen molar-refractivity contribution in [3.05, 3.63) is 107 Å². The molecule has 242 valence electrons. The molecule has 0 amide bonds. The van der Waals surface area contributed by atoms with Crippen molar-refractivity contribution in [2.24, 2.45) is 5.92 Å². The summed E-state index contributed by atoms with van der Waals surface area (Å²) in [5.41, 5.74) is 2.84. The number of hydrogen-bond donors (Lipinski definition) is 0. The molecule has 1 aromatic heterocycles. The van der Waals surface area contributed by atoms with Crippen molar-refractivity contribution in [2.75, 3.05) is 32.2 Å². The fourth-order valence-electron chi connectivity index (χ4n) is 7.30. The number of para-hydroxylation sites is 1. The summed E-state index contributed by atoms with van der Waals surface area (Å²) in [7, 11) is 0. The third-order valence-electron chi connectivity index (χ3n) is 9.20. The summed E-state index contributed by atoms with van der Waals surface area (Å²) in [6, 6.07) is 27.7. The van der Waals surface area contributed by atoms with Gasteiger partial charge in [0.05, 0.1) is 37.4 Å². The number of alkyl halides is 1. The number of halogens is 1. The van der Waals surface area contributed by atoms with E-state index >= 15 is 0 Å². The molecule has 1 aliphatic carbocycles. The van der Waals surface area contributed by atoms with Crippen LogP contribution in [0.2, 0.25) is 0 Å². The molecule has 0 radical (unpaired) electrons. The maximum Gasteiger partial charge on any atom is 0.419 e. The normalized spacial score (nSPS) is 19.5. The highest BCUT2D eigenvalue weighted by atomic mass is 35.5. The van der Waals surface area contributed by atoms with E-state index in [-0.39, 0.29) is 25.0 Å². The highest BCUT2D eigenvalue weighted by molar-refractivity contribution is 6.18. The van der Waals surface area contributed by atoms with E-state index in [4.69, 9.17) is 25.8 Å². The second-order valence-corrected chi connectivity index (χ2v) is 13.8. The first-order valence-corrected chi connectivity index (χ1v) is 16.7. The number of likely N-dealkylation sites (tertiary alicyclic amines) is 1. The third kappa shape index (κ3) is 6.52. The summed E-state index contributed by atoms with van der Waals surface area (Å²) in [5, 5.41) is 0.929. The second kappa shape index (κ2) is 13.7. The van der Waals surface area contributed by atoms with Crippen molar-refractivity contribution in [1.82, 2.24) is 9.47 Å². The van der Waals surface area contributed by atoms with Gasteiger partial charge in [-0.1, -0.05) is 78.9 Å². The Bertz CT molecular complexity index is 1620. The van der Waals surface area contributed by atoms with Gasteiger partial charge in [-0.3, -0.25) is 9.69 Å². The van der Waals surface area contributed by atoms with Crippen molar-refractivity contribution >= 4 is 34.4 Å². The lowest BCUT2D eigenvalue weighted by Gasteiger charge is -2.42. The third-order valence-corrected chi connectivity index (χ3v) is 9.37. The number of benzene rings is 3. The molecular weight excluding hydrogens is 600 g/mol. The Labute approximate surface area is 276 Å². The van der Waals surface area contributed by atoms with E-state index < -0.39 is 23.0 Å². The van der Waals surface area contributed by atoms with Crippen molar-refractivity contribution < 1.29 is 23.8 Å². The van der Waals surface area contributed by atoms with Gasteiger partial charge in [0.2, 0.25) is 0 Å². The smallest absolute Gasteiger partial charge is 0.419 e. The van der Waals surface area contributed by atoms with Gasteiger partial charge in [0.15, 0.2) is 0 Å². The molecule has 46 heavy (non-hydrogen) atoms. The first kappa shape index (κ1) is 32.5. The molecular formula is C38H43ClN2O5. The van der Waals surface area contributed by atoms with Gasteiger partial charge in [-0.2, -0.15) is 0 Å². The highest BCUT2D eigenvalue weighted by Gasteiger charge is 2.55. The van der Waals surface area contributed by atoms with Crippen LogP contribution in [0, 0.1) is 5.92 Å². The summed E-state index contributed by atoms with van der Waals surface area (Å²) < 4.78 is 21.0. The molecule has 4 aromatic rings. The molecule has 7 nitrogen and oxygen atoms in total. The minimum Gasteiger partial charge on any atom is -0.443 e. The molecule has 1 unspecified atom stereocenters. The molecule has 3 aromatic carbocycles. The SMILES string of the molecule is CC(C)(C)OC(=O)n1c2c(c3ccccc31)C1CC(=O)[C@@H](CCN1CCCl)C2(COCc1ccccc1)COCc1ccccc1. The van der Waals surface area contributed by atoms with Crippen LogP contribution >= 0.6 is 11.6 Å². The number of carbonyl (C=O) groups excluding carboxylic acids is 2. The fraction of sp³-hybridized carbons (Fsp3) is 0.421. The number of Topliss-reactive ketones (excluding diaryl/α,β-unsaturated/α-hetero) is 1. The van der Waals surface area contributed by atoms with Gasteiger partial charge in [0.25, 0.3) is 0 Å². The number of hydrogen-bond acceptors (Lipinski definition) is 6. The predicted molar refractivity (Wildman–Crippen MR) is 180 cm³/mol. The molecule has 2 aliphatic rings. The average molecular weight is 643 g/mol. The van der Waals surface area contributed by atoms with Crippen LogP contribution in [-0.4, -0.2) is 59.1 Å².